The molecule has 0 spiro atoms. The van der Waals surface area contributed by atoms with Crippen LogP contribution in [0.1, 0.15) is 31.0 Å². The summed E-state index contributed by atoms with van der Waals surface area (Å²) in [7, 11) is -3.61. The van der Waals surface area contributed by atoms with E-state index in [4.69, 9.17) is 0 Å². The molecule has 1 aliphatic carbocycles. The van der Waals surface area contributed by atoms with E-state index in [2.05, 4.69) is 27.4 Å². The molecule has 9 heteroatoms. The maximum absolute atomic E-state index is 13.0. The van der Waals surface area contributed by atoms with E-state index in [0.29, 0.717) is 18.2 Å². The van der Waals surface area contributed by atoms with E-state index in [0.717, 1.165) is 36.3 Å². The highest BCUT2D eigenvalue weighted by molar-refractivity contribution is 7.91. The Morgan fingerprint density at radius 3 is 3.00 bits per heavy atom. The number of nitrogens with one attached hydrogen (secondary N) is 1. The molecule has 1 saturated heterocycles. The summed E-state index contributed by atoms with van der Waals surface area (Å²) in [5.41, 5.74) is 3.46. The number of anilines is 1. The fourth-order valence-corrected chi connectivity index (χ4v) is 6.37. The summed E-state index contributed by atoms with van der Waals surface area (Å²) >= 11 is 0.988. The van der Waals surface area contributed by atoms with Gasteiger partial charge in [-0.25, -0.2) is 13.4 Å². The third-order valence-corrected chi connectivity index (χ3v) is 8.13. The molecule has 1 aliphatic heterocycles. The summed E-state index contributed by atoms with van der Waals surface area (Å²) in [6, 6.07) is 4.01. The zero-order valence-corrected chi connectivity index (χ0v) is 16.5. The molecule has 1 N–H and O–H groups in total. The average Bonchev–Trinajstić information content (AvgIpc) is 3.28. The number of rotatable bonds is 4. The Morgan fingerprint density at radius 2 is 2.22 bits per heavy atom. The molecule has 0 radical (unpaired) electrons. The monoisotopic (exact) mass is 404 g/mol. The Balaban J connectivity index is 1.51. The molecule has 1 fully saturated rings. The van der Waals surface area contributed by atoms with Gasteiger partial charge in [-0.2, -0.15) is 4.31 Å². The number of piperidine rings is 1. The first-order chi connectivity index (χ1) is 12.9. The lowest BCUT2D eigenvalue weighted by Gasteiger charge is -2.32. The largest absolute Gasteiger partial charge is 0.302 e. The first-order valence-electron chi connectivity index (χ1n) is 8.81. The smallest absolute Gasteiger partial charge is 0.254 e. The number of carbonyl (C=O) groups is 1. The molecule has 1 atom stereocenters. The maximum Gasteiger partial charge on any atom is 0.254 e. The van der Waals surface area contributed by atoms with Gasteiger partial charge in [-0.3, -0.25) is 9.78 Å². The molecular weight excluding hydrogens is 384 g/mol. The van der Waals surface area contributed by atoms with Gasteiger partial charge in [0.2, 0.25) is 5.91 Å². The zero-order chi connectivity index (χ0) is 19.0. The van der Waals surface area contributed by atoms with E-state index in [-0.39, 0.29) is 16.0 Å². The van der Waals surface area contributed by atoms with Crippen LogP contribution in [-0.4, -0.2) is 41.7 Å². The number of hydrogen-bond acceptors (Lipinski definition) is 6. The molecule has 2 aliphatic rings. The molecule has 1 amide bonds. The van der Waals surface area contributed by atoms with Gasteiger partial charge in [0.25, 0.3) is 10.0 Å². The van der Waals surface area contributed by atoms with Gasteiger partial charge in [-0.1, -0.05) is 23.0 Å². The number of nitrogens with zero attached hydrogens (tertiary/aromatic N) is 3. The van der Waals surface area contributed by atoms with Crippen LogP contribution in [0.3, 0.4) is 0 Å². The van der Waals surface area contributed by atoms with E-state index in [1.807, 2.05) is 6.07 Å². The van der Waals surface area contributed by atoms with Crippen LogP contribution < -0.4 is 5.32 Å². The van der Waals surface area contributed by atoms with Crippen molar-refractivity contribution in [3.63, 3.8) is 0 Å². The van der Waals surface area contributed by atoms with Crippen molar-refractivity contribution in [1.29, 1.82) is 0 Å². The van der Waals surface area contributed by atoms with Gasteiger partial charge in [0.15, 0.2) is 9.34 Å². The molecule has 2 aromatic heterocycles. The number of sulfonamides is 1. The predicted molar refractivity (Wildman–Crippen MR) is 104 cm³/mol. The summed E-state index contributed by atoms with van der Waals surface area (Å²) in [5.74, 6) is -0.0712. The molecule has 2 aromatic rings. The van der Waals surface area contributed by atoms with Crippen LogP contribution in [-0.2, 0) is 21.2 Å². The summed E-state index contributed by atoms with van der Waals surface area (Å²) < 4.78 is 27.7. The number of fused-ring (bicyclic) bond motifs is 1. The van der Waals surface area contributed by atoms with Crippen molar-refractivity contribution in [1.82, 2.24) is 14.3 Å². The summed E-state index contributed by atoms with van der Waals surface area (Å²) in [6.45, 7) is 2.34. The number of aromatic nitrogens is 2. The van der Waals surface area contributed by atoms with Crippen molar-refractivity contribution in [3.8, 4) is 0 Å². The maximum atomic E-state index is 13.0. The van der Waals surface area contributed by atoms with Gasteiger partial charge in [-0.05, 0) is 42.9 Å². The van der Waals surface area contributed by atoms with Crippen molar-refractivity contribution >= 4 is 38.5 Å². The van der Waals surface area contributed by atoms with Crippen molar-refractivity contribution in [3.05, 3.63) is 41.4 Å². The SMILES string of the molecule is CC(=O)Nc1ncc(S(=O)(=O)N2CCCC(C3=Cc4ncccc4C3)C2)s1. The van der Waals surface area contributed by atoms with Gasteiger partial charge in [-0.15, -0.1) is 0 Å². The molecule has 7 nitrogen and oxygen atoms in total. The number of hydrogen-bond donors (Lipinski definition) is 1. The molecular formula is C18H20N4O3S2. The Bertz CT molecular complexity index is 1010. The molecule has 4 rings (SSSR count). The lowest BCUT2D eigenvalue weighted by molar-refractivity contribution is -0.114. The standard InChI is InChI=1S/C18H20N4O3S2/c1-12(23)21-18-20-10-17(26-18)27(24,25)22-7-3-5-14(11-22)15-8-13-4-2-6-19-16(13)9-15/h2,4,6,9-10,14H,3,5,7-8,11H2,1H3,(H,20,21,23). The lowest BCUT2D eigenvalue weighted by Crippen LogP contribution is -2.40. The Labute approximate surface area is 162 Å². The van der Waals surface area contributed by atoms with Gasteiger partial charge >= 0.3 is 0 Å². The molecule has 142 valence electrons. The van der Waals surface area contributed by atoms with Crippen LogP contribution in [0.5, 0.6) is 0 Å². The van der Waals surface area contributed by atoms with E-state index in [1.54, 1.807) is 10.5 Å². The number of amides is 1. The normalized spacial score (nSPS) is 20.2. The van der Waals surface area contributed by atoms with E-state index in [9.17, 15) is 13.2 Å². The average molecular weight is 405 g/mol. The molecule has 1 unspecified atom stereocenters. The van der Waals surface area contributed by atoms with E-state index >= 15 is 0 Å². The minimum Gasteiger partial charge on any atom is -0.302 e. The summed E-state index contributed by atoms with van der Waals surface area (Å²) in [4.78, 5) is 19.5. The van der Waals surface area contributed by atoms with Crippen molar-refractivity contribution in [2.75, 3.05) is 18.4 Å². The first-order valence-corrected chi connectivity index (χ1v) is 11.1. The van der Waals surface area contributed by atoms with Crippen LogP contribution >= 0.6 is 11.3 Å². The molecule has 0 aromatic carbocycles. The molecule has 3 heterocycles. The third kappa shape index (κ3) is 3.67. The van der Waals surface area contributed by atoms with Gasteiger partial charge in [0.05, 0.1) is 11.9 Å². The second kappa shape index (κ2) is 7.14. The highest BCUT2D eigenvalue weighted by Gasteiger charge is 2.34. The highest BCUT2D eigenvalue weighted by Crippen LogP contribution is 2.35. The number of thiazole rings is 1. The van der Waals surface area contributed by atoms with E-state index in [1.165, 1.54) is 24.3 Å². The number of carbonyl (C=O) groups excluding carboxylic acids is 1. The minimum absolute atomic E-state index is 0.164. The lowest BCUT2D eigenvalue weighted by atomic mass is 9.90. The van der Waals surface area contributed by atoms with Crippen LogP contribution in [0.2, 0.25) is 0 Å². The highest BCUT2D eigenvalue weighted by atomic mass is 32.2. The van der Waals surface area contributed by atoms with Crippen LogP contribution in [0.25, 0.3) is 6.08 Å². The van der Waals surface area contributed by atoms with E-state index < -0.39 is 10.0 Å². The quantitative estimate of drug-likeness (QED) is 0.845. The van der Waals surface area contributed by atoms with Crippen LogP contribution in [0.4, 0.5) is 5.13 Å². The molecule has 27 heavy (non-hydrogen) atoms. The molecule has 0 saturated carbocycles. The first kappa shape index (κ1) is 18.3. The number of pyridine rings is 1. The minimum atomic E-state index is -3.61. The van der Waals surface area contributed by atoms with Crippen molar-refractivity contribution in [2.45, 2.75) is 30.4 Å². The Kier molecular flexibility index (Phi) is 4.83. The van der Waals surface area contributed by atoms with Gasteiger partial charge in [0.1, 0.15) is 0 Å². The van der Waals surface area contributed by atoms with Crippen LogP contribution in [0.15, 0.2) is 34.3 Å². The summed E-state index contributed by atoms with van der Waals surface area (Å²) in [5, 5.41) is 2.83. The van der Waals surface area contributed by atoms with Gasteiger partial charge in [0, 0.05) is 26.2 Å². The second-order valence-corrected chi connectivity index (χ2v) is 10.0. The predicted octanol–water partition coefficient (Wildman–Crippen LogP) is 2.54. The van der Waals surface area contributed by atoms with Crippen LogP contribution in [0, 0.1) is 5.92 Å². The summed E-state index contributed by atoms with van der Waals surface area (Å²) in [6.07, 6.45) is 7.86. The zero-order valence-electron chi connectivity index (χ0n) is 14.9. The fraction of sp³-hybridized carbons (Fsp3) is 0.389. The topological polar surface area (TPSA) is 92.3 Å². The fourth-order valence-electron chi connectivity index (χ4n) is 3.62. The Morgan fingerprint density at radius 1 is 1.37 bits per heavy atom. The molecule has 0 bridgehead atoms. The van der Waals surface area contributed by atoms with Crippen molar-refractivity contribution in [2.24, 2.45) is 5.92 Å². The third-order valence-electron chi connectivity index (χ3n) is 4.91. The van der Waals surface area contributed by atoms with Gasteiger partial charge < -0.3 is 5.32 Å². The second-order valence-electron chi connectivity index (χ2n) is 6.81. The Hall–Kier alpha value is -2.10. The van der Waals surface area contributed by atoms with Crippen molar-refractivity contribution < 1.29 is 13.2 Å².